The van der Waals surface area contributed by atoms with Crippen molar-refractivity contribution in [3.05, 3.63) is 59.7 Å². The van der Waals surface area contributed by atoms with E-state index in [9.17, 15) is 4.57 Å². The number of ether oxygens (including phenoxy) is 1. The van der Waals surface area contributed by atoms with Gasteiger partial charge in [-0.2, -0.15) is 0 Å². The van der Waals surface area contributed by atoms with Crippen LogP contribution in [0.4, 0.5) is 5.69 Å². The molecule has 140 valence electrons. The maximum absolute atomic E-state index is 13.5. The minimum Gasteiger partial charge on any atom is -0.494 e. The van der Waals surface area contributed by atoms with Crippen molar-refractivity contribution < 1.29 is 18.3 Å². The number of hydrogen-bond acceptors (Lipinski definition) is 5. The smallest absolute Gasteiger partial charge is 0.357 e. The second-order valence-electron chi connectivity index (χ2n) is 6.58. The Bertz CT molecular complexity index is 761. The first-order chi connectivity index (χ1) is 12.4. The summed E-state index contributed by atoms with van der Waals surface area (Å²) in [7, 11) is -3.37. The Morgan fingerprint density at radius 3 is 2.15 bits per heavy atom. The molecule has 1 fully saturated rings. The number of rotatable bonds is 6. The Kier molecular flexibility index (Phi) is 5.71. The first-order valence-electron chi connectivity index (χ1n) is 8.94. The topological polar surface area (TPSA) is 56.8 Å². The van der Waals surface area contributed by atoms with Gasteiger partial charge in [0.2, 0.25) is 0 Å². The molecule has 2 aromatic rings. The van der Waals surface area contributed by atoms with Gasteiger partial charge in [-0.25, -0.2) is 0 Å². The molecule has 0 aliphatic carbocycles. The van der Waals surface area contributed by atoms with Crippen molar-refractivity contribution in [3.63, 3.8) is 0 Å². The van der Waals surface area contributed by atoms with Gasteiger partial charge in [-0.05, 0) is 57.5 Å². The number of anilines is 1. The summed E-state index contributed by atoms with van der Waals surface area (Å²) in [6.45, 7) is 8.33. The summed E-state index contributed by atoms with van der Waals surface area (Å²) in [5, 5.41) is 3.34. The van der Waals surface area contributed by atoms with E-state index in [2.05, 4.69) is 5.32 Å². The lowest BCUT2D eigenvalue weighted by molar-refractivity contribution is 0.187. The molecule has 1 aliphatic heterocycles. The molecule has 0 amide bonds. The number of nitrogens with one attached hydrogen (secondary N) is 1. The Labute approximate surface area is 155 Å². The molecule has 1 N–H and O–H groups in total. The van der Waals surface area contributed by atoms with Crippen LogP contribution in [0.2, 0.25) is 0 Å². The Morgan fingerprint density at radius 2 is 1.62 bits per heavy atom. The van der Waals surface area contributed by atoms with Crippen LogP contribution in [0.1, 0.15) is 37.7 Å². The van der Waals surface area contributed by atoms with Gasteiger partial charge in [0.15, 0.2) is 5.78 Å². The SMILES string of the molecule is CCOc1ccc([C@H](Nc2ccc(C)cc2)P2(=O)O[C@@H](C)[C@@H](C)O2)cc1. The molecule has 5 nitrogen and oxygen atoms in total. The predicted molar refractivity (Wildman–Crippen MR) is 104 cm³/mol. The van der Waals surface area contributed by atoms with E-state index in [0.29, 0.717) is 6.61 Å². The van der Waals surface area contributed by atoms with Crippen molar-refractivity contribution in [1.82, 2.24) is 0 Å². The summed E-state index contributed by atoms with van der Waals surface area (Å²) < 4.78 is 30.6. The van der Waals surface area contributed by atoms with Crippen LogP contribution >= 0.6 is 7.60 Å². The fourth-order valence-corrected chi connectivity index (χ4v) is 5.25. The standard InChI is InChI=1S/C20H26NO4P/c1-5-23-19-12-8-17(9-13-19)20(21-18-10-6-14(2)7-11-18)26(22)24-15(3)16(4)25-26/h6-13,15-16,20-21H,5H2,1-4H3/t15-,16+,20-,26?/m1/s1. The van der Waals surface area contributed by atoms with E-state index in [1.165, 1.54) is 0 Å². The molecule has 4 atom stereocenters. The molecule has 3 rings (SSSR count). The normalized spacial score (nSPS) is 26.5. The summed E-state index contributed by atoms with van der Waals surface area (Å²) in [5.74, 6) is 0.187. The first kappa shape index (κ1) is 19.0. The van der Waals surface area contributed by atoms with Crippen LogP contribution in [0.3, 0.4) is 0 Å². The first-order valence-corrected chi connectivity index (χ1v) is 10.5. The quantitative estimate of drug-likeness (QED) is 0.674. The minimum atomic E-state index is -3.37. The predicted octanol–water partition coefficient (Wildman–Crippen LogP) is 5.52. The van der Waals surface area contributed by atoms with Crippen LogP contribution in [0.5, 0.6) is 5.75 Å². The molecular weight excluding hydrogens is 349 g/mol. The molecule has 0 bridgehead atoms. The Balaban J connectivity index is 1.93. The van der Waals surface area contributed by atoms with Crippen LogP contribution in [-0.2, 0) is 13.6 Å². The zero-order valence-corrected chi connectivity index (χ0v) is 16.5. The lowest BCUT2D eigenvalue weighted by Gasteiger charge is -2.25. The summed E-state index contributed by atoms with van der Waals surface area (Å²) >= 11 is 0. The Hall–Kier alpha value is -1.81. The third kappa shape index (κ3) is 4.12. The van der Waals surface area contributed by atoms with Crippen molar-refractivity contribution in [3.8, 4) is 5.75 Å². The van der Waals surface area contributed by atoms with E-state index < -0.39 is 13.4 Å². The summed E-state index contributed by atoms with van der Waals surface area (Å²) in [6.07, 6.45) is -0.434. The third-order valence-electron chi connectivity index (χ3n) is 4.47. The lowest BCUT2D eigenvalue weighted by atomic mass is 10.2. The monoisotopic (exact) mass is 375 g/mol. The molecule has 1 heterocycles. The van der Waals surface area contributed by atoms with Gasteiger partial charge in [0.1, 0.15) is 5.75 Å². The van der Waals surface area contributed by atoms with Gasteiger partial charge in [-0.1, -0.05) is 29.8 Å². The minimum absolute atomic E-state index is 0.217. The number of benzene rings is 2. The van der Waals surface area contributed by atoms with E-state index in [4.69, 9.17) is 13.8 Å². The van der Waals surface area contributed by atoms with Gasteiger partial charge in [0.05, 0.1) is 18.8 Å². The molecule has 1 aliphatic rings. The van der Waals surface area contributed by atoms with Crippen molar-refractivity contribution in [2.75, 3.05) is 11.9 Å². The molecule has 26 heavy (non-hydrogen) atoms. The zero-order valence-electron chi connectivity index (χ0n) is 15.6. The van der Waals surface area contributed by atoms with Crippen LogP contribution in [0, 0.1) is 6.92 Å². The summed E-state index contributed by atoms with van der Waals surface area (Å²) in [5.41, 5.74) is 2.86. The highest BCUT2D eigenvalue weighted by Gasteiger charge is 2.47. The number of aryl methyl sites for hydroxylation is 1. The van der Waals surface area contributed by atoms with E-state index in [1.54, 1.807) is 0 Å². The van der Waals surface area contributed by atoms with Gasteiger partial charge in [-0.3, -0.25) is 4.57 Å². The van der Waals surface area contributed by atoms with E-state index in [-0.39, 0.29) is 12.2 Å². The highest BCUT2D eigenvalue weighted by atomic mass is 31.2. The largest absolute Gasteiger partial charge is 0.494 e. The van der Waals surface area contributed by atoms with Crippen LogP contribution < -0.4 is 10.1 Å². The Morgan fingerprint density at radius 1 is 1.04 bits per heavy atom. The fraction of sp³-hybridized carbons (Fsp3) is 0.400. The van der Waals surface area contributed by atoms with Crippen molar-refractivity contribution in [2.24, 2.45) is 0 Å². The second-order valence-corrected chi connectivity index (χ2v) is 8.59. The zero-order chi connectivity index (χ0) is 18.7. The maximum Gasteiger partial charge on any atom is 0.357 e. The molecule has 0 spiro atoms. The van der Waals surface area contributed by atoms with E-state index in [1.807, 2.05) is 76.2 Å². The summed E-state index contributed by atoms with van der Waals surface area (Å²) in [4.78, 5) is 0. The van der Waals surface area contributed by atoms with E-state index >= 15 is 0 Å². The number of hydrogen-bond donors (Lipinski definition) is 1. The average Bonchev–Trinajstić information content (AvgIpc) is 2.88. The highest BCUT2D eigenvalue weighted by molar-refractivity contribution is 7.54. The van der Waals surface area contributed by atoms with Crippen LogP contribution in [0.25, 0.3) is 0 Å². The van der Waals surface area contributed by atoms with Crippen molar-refractivity contribution >= 4 is 13.3 Å². The van der Waals surface area contributed by atoms with Crippen molar-refractivity contribution in [2.45, 2.75) is 45.7 Å². The second kappa shape index (κ2) is 7.83. The molecule has 6 heteroatoms. The summed E-state index contributed by atoms with van der Waals surface area (Å²) in [6, 6.07) is 15.5. The van der Waals surface area contributed by atoms with Gasteiger partial charge < -0.3 is 19.1 Å². The third-order valence-corrected chi connectivity index (χ3v) is 6.78. The highest BCUT2D eigenvalue weighted by Crippen LogP contribution is 2.66. The van der Waals surface area contributed by atoms with Crippen LogP contribution in [-0.4, -0.2) is 18.8 Å². The van der Waals surface area contributed by atoms with Gasteiger partial charge in [0.25, 0.3) is 0 Å². The molecule has 0 saturated carbocycles. The van der Waals surface area contributed by atoms with Gasteiger partial charge in [-0.15, -0.1) is 0 Å². The molecule has 1 unspecified atom stereocenters. The molecular formula is C20H26NO4P. The molecule has 1 saturated heterocycles. The van der Waals surface area contributed by atoms with Gasteiger partial charge in [0, 0.05) is 5.69 Å². The van der Waals surface area contributed by atoms with Crippen LogP contribution in [0.15, 0.2) is 48.5 Å². The lowest BCUT2D eigenvalue weighted by Crippen LogP contribution is -2.13. The molecule has 0 radical (unpaired) electrons. The van der Waals surface area contributed by atoms with E-state index in [0.717, 1.165) is 22.6 Å². The maximum atomic E-state index is 13.5. The molecule has 0 aromatic heterocycles. The fourth-order valence-electron chi connectivity index (χ4n) is 2.85. The van der Waals surface area contributed by atoms with Gasteiger partial charge >= 0.3 is 7.60 Å². The average molecular weight is 375 g/mol. The van der Waals surface area contributed by atoms with Crippen molar-refractivity contribution in [1.29, 1.82) is 0 Å². The molecule has 2 aromatic carbocycles.